The number of nitrogens with one attached hydrogen (secondary N) is 1. The summed E-state index contributed by atoms with van der Waals surface area (Å²) < 4.78 is 25.8. The van der Waals surface area contributed by atoms with Crippen molar-refractivity contribution in [3.8, 4) is 23.0 Å². The number of ether oxygens (including phenoxy) is 2. The van der Waals surface area contributed by atoms with E-state index in [0.717, 1.165) is 0 Å². The number of aliphatic carboxylic acids is 1. The SMILES string of the molecule is CCOc1ccc(-c2nc3nc(O[C@H]4CC[C@H](C(=O)O)CC4)[nH]c3cc2Cl)c(F)c1. The zero-order valence-electron chi connectivity index (χ0n) is 16.3. The molecular formula is C21H21ClFN3O4. The summed E-state index contributed by atoms with van der Waals surface area (Å²) in [5.41, 5.74) is 1.47. The minimum Gasteiger partial charge on any atom is -0.494 e. The molecule has 2 heterocycles. The number of aromatic nitrogens is 3. The number of nitrogens with zero attached hydrogens (tertiary/aromatic N) is 2. The second-order valence-electron chi connectivity index (χ2n) is 7.24. The molecule has 158 valence electrons. The number of H-pyrrole nitrogens is 1. The van der Waals surface area contributed by atoms with Crippen molar-refractivity contribution in [3.63, 3.8) is 0 Å². The molecule has 7 nitrogen and oxygen atoms in total. The number of fused-ring (bicyclic) bond motifs is 1. The smallest absolute Gasteiger partial charge is 0.306 e. The zero-order valence-corrected chi connectivity index (χ0v) is 17.1. The number of carboxylic acids is 1. The lowest BCUT2D eigenvalue weighted by atomic mass is 9.87. The summed E-state index contributed by atoms with van der Waals surface area (Å²) in [5.74, 6) is -1.13. The largest absolute Gasteiger partial charge is 0.494 e. The van der Waals surface area contributed by atoms with Crippen molar-refractivity contribution in [1.29, 1.82) is 0 Å². The van der Waals surface area contributed by atoms with E-state index in [9.17, 15) is 9.18 Å². The second kappa shape index (κ2) is 8.47. The van der Waals surface area contributed by atoms with Crippen LogP contribution < -0.4 is 9.47 Å². The molecule has 2 N–H and O–H groups in total. The van der Waals surface area contributed by atoms with Crippen LogP contribution in [0.3, 0.4) is 0 Å². The van der Waals surface area contributed by atoms with E-state index < -0.39 is 11.8 Å². The number of imidazole rings is 1. The summed E-state index contributed by atoms with van der Waals surface area (Å²) in [5, 5.41) is 9.38. The van der Waals surface area contributed by atoms with E-state index in [1.54, 1.807) is 18.2 Å². The molecule has 1 aromatic carbocycles. The fourth-order valence-electron chi connectivity index (χ4n) is 3.67. The Kier molecular flexibility index (Phi) is 5.76. The van der Waals surface area contributed by atoms with Crippen molar-refractivity contribution in [1.82, 2.24) is 15.0 Å². The number of aromatic amines is 1. The van der Waals surface area contributed by atoms with E-state index in [-0.39, 0.29) is 34.3 Å². The summed E-state index contributed by atoms with van der Waals surface area (Å²) in [7, 11) is 0. The zero-order chi connectivity index (χ0) is 21.3. The molecule has 4 rings (SSSR count). The maximum Gasteiger partial charge on any atom is 0.306 e. The van der Waals surface area contributed by atoms with Gasteiger partial charge in [0.1, 0.15) is 17.7 Å². The first-order valence-electron chi connectivity index (χ1n) is 9.83. The Morgan fingerprint density at radius 2 is 2.03 bits per heavy atom. The van der Waals surface area contributed by atoms with Crippen LogP contribution in [-0.2, 0) is 4.79 Å². The Hall–Kier alpha value is -2.87. The quantitative estimate of drug-likeness (QED) is 0.577. The van der Waals surface area contributed by atoms with Crippen molar-refractivity contribution in [2.75, 3.05) is 6.61 Å². The van der Waals surface area contributed by atoms with Gasteiger partial charge < -0.3 is 19.6 Å². The first-order chi connectivity index (χ1) is 14.4. The number of carboxylic acid groups (broad SMARTS) is 1. The lowest BCUT2D eigenvalue weighted by Crippen LogP contribution is -2.28. The van der Waals surface area contributed by atoms with Gasteiger partial charge in [-0.2, -0.15) is 4.98 Å². The van der Waals surface area contributed by atoms with Crippen molar-refractivity contribution in [2.45, 2.75) is 38.7 Å². The van der Waals surface area contributed by atoms with Crippen LogP contribution >= 0.6 is 11.6 Å². The molecule has 1 fully saturated rings. The molecule has 3 aromatic rings. The van der Waals surface area contributed by atoms with Crippen molar-refractivity contribution in [3.05, 3.63) is 35.1 Å². The van der Waals surface area contributed by atoms with E-state index in [1.807, 2.05) is 6.92 Å². The molecule has 0 atom stereocenters. The molecule has 30 heavy (non-hydrogen) atoms. The van der Waals surface area contributed by atoms with Gasteiger partial charge >= 0.3 is 5.97 Å². The summed E-state index contributed by atoms with van der Waals surface area (Å²) in [6.45, 7) is 2.27. The highest BCUT2D eigenvalue weighted by Crippen LogP contribution is 2.33. The molecule has 2 aromatic heterocycles. The van der Waals surface area contributed by atoms with E-state index in [4.69, 9.17) is 26.2 Å². The van der Waals surface area contributed by atoms with Gasteiger partial charge in [-0.3, -0.25) is 4.79 Å². The summed E-state index contributed by atoms with van der Waals surface area (Å²) >= 11 is 6.35. The Morgan fingerprint density at radius 3 is 2.70 bits per heavy atom. The van der Waals surface area contributed by atoms with Gasteiger partial charge in [0.05, 0.1) is 28.8 Å². The Morgan fingerprint density at radius 1 is 1.27 bits per heavy atom. The van der Waals surface area contributed by atoms with Crippen LogP contribution in [0.4, 0.5) is 4.39 Å². The van der Waals surface area contributed by atoms with Crippen LogP contribution in [0.25, 0.3) is 22.4 Å². The van der Waals surface area contributed by atoms with Gasteiger partial charge in [0.15, 0.2) is 5.65 Å². The fraction of sp³-hybridized carbons (Fsp3) is 0.381. The molecule has 0 aliphatic heterocycles. The van der Waals surface area contributed by atoms with E-state index in [2.05, 4.69) is 15.0 Å². The second-order valence-corrected chi connectivity index (χ2v) is 7.64. The standard InChI is InChI=1S/C21H21ClFN3O4/c1-2-29-13-7-8-14(16(23)9-13)18-15(22)10-17-19(25-18)26-21(24-17)30-12-5-3-11(4-6-12)20(27)28/h7-12H,2-6H2,1H3,(H,27,28)(H,24,25,26)/t11-,12-. The molecule has 0 spiro atoms. The minimum atomic E-state index is -0.759. The third-order valence-electron chi connectivity index (χ3n) is 5.21. The van der Waals surface area contributed by atoms with Gasteiger partial charge in [-0.1, -0.05) is 11.6 Å². The molecule has 0 bridgehead atoms. The van der Waals surface area contributed by atoms with Gasteiger partial charge in [-0.05, 0) is 50.8 Å². The van der Waals surface area contributed by atoms with Gasteiger partial charge in [0, 0.05) is 11.6 Å². The third kappa shape index (κ3) is 4.18. The summed E-state index contributed by atoms with van der Waals surface area (Å²) in [6, 6.07) is 6.46. The highest BCUT2D eigenvalue weighted by Gasteiger charge is 2.27. The molecular weight excluding hydrogens is 413 g/mol. The van der Waals surface area contributed by atoms with E-state index in [0.29, 0.717) is 49.2 Å². The predicted molar refractivity (Wildman–Crippen MR) is 109 cm³/mol. The molecule has 0 radical (unpaired) electrons. The first kappa shape index (κ1) is 20.4. The molecule has 0 unspecified atom stereocenters. The molecule has 1 saturated carbocycles. The van der Waals surface area contributed by atoms with Gasteiger partial charge in [0.25, 0.3) is 6.01 Å². The normalized spacial score (nSPS) is 19.0. The number of carbonyl (C=O) groups is 1. The fourth-order valence-corrected chi connectivity index (χ4v) is 3.92. The molecule has 9 heteroatoms. The Labute approximate surface area is 177 Å². The number of benzene rings is 1. The van der Waals surface area contributed by atoms with Crippen LogP contribution in [0.15, 0.2) is 24.3 Å². The number of rotatable bonds is 6. The number of hydrogen-bond donors (Lipinski definition) is 2. The summed E-state index contributed by atoms with van der Waals surface area (Å²) in [6.07, 6.45) is 2.33. The first-order valence-corrected chi connectivity index (χ1v) is 10.2. The van der Waals surface area contributed by atoms with Gasteiger partial charge in [-0.15, -0.1) is 0 Å². The average Bonchev–Trinajstić information content (AvgIpc) is 3.09. The number of pyridine rings is 1. The van der Waals surface area contributed by atoms with Crippen LogP contribution in [0.1, 0.15) is 32.6 Å². The topological polar surface area (TPSA) is 97.3 Å². The molecule has 1 aliphatic rings. The van der Waals surface area contributed by atoms with Crippen LogP contribution in [0.5, 0.6) is 11.8 Å². The number of halogens is 2. The lowest BCUT2D eigenvalue weighted by Gasteiger charge is -2.25. The molecule has 0 saturated heterocycles. The van der Waals surface area contributed by atoms with E-state index in [1.165, 1.54) is 6.07 Å². The van der Waals surface area contributed by atoms with Gasteiger partial charge in [0.2, 0.25) is 0 Å². The summed E-state index contributed by atoms with van der Waals surface area (Å²) in [4.78, 5) is 22.9. The lowest BCUT2D eigenvalue weighted by molar-refractivity contribution is -0.143. The monoisotopic (exact) mass is 433 g/mol. The highest BCUT2D eigenvalue weighted by atomic mass is 35.5. The van der Waals surface area contributed by atoms with Crippen molar-refractivity contribution in [2.24, 2.45) is 5.92 Å². The minimum absolute atomic E-state index is 0.111. The Bertz CT molecular complexity index is 1080. The maximum absolute atomic E-state index is 14.6. The van der Waals surface area contributed by atoms with Crippen LogP contribution in [-0.4, -0.2) is 38.7 Å². The molecule has 1 aliphatic carbocycles. The van der Waals surface area contributed by atoms with Crippen LogP contribution in [0, 0.1) is 11.7 Å². The highest BCUT2D eigenvalue weighted by molar-refractivity contribution is 6.33. The third-order valence-corrected chi connectivity index (χ3v) is 5.50. The van der Waals surface area contributed by atoms with E-state index >= 15 is 0 Å². The van der Waals surface area contributed by atoms with Crippen LogP contribution in [0.2, 0.25) is 5.02 Å². The van der Waals surface area contributed by atoms with Crippen molar-refractivity contribution >= 4 is 28.7 Å². The maximum atomic E-state index is 14.6. The predicted octanol–water partition coefficient (Wildman–Crippen LogP) is 4.84. The van der Waals surface area contributed by atoms with Crippen molar-refractivity contribution < 1.29 is 23.8 Å². The van der Waals surface area contributed by atoms with Gasteiger partial charge in [-0.25, -0.2) is 9.37 Å². The average molecular weight is 434 g/mol. The Balaban J connectivity index is 1.55. The molecule has 0 amide bonds. The number of hydrogen-bond acceptors (Lipinski definition) is 5.